The number of nitrogens with one attached hydrogen (secondary N) is 2. The lowest BCUT2D eigenvalue weighted by molar-refractivity contribution is 0.0706. The number of halogens is 1. The van der Waals surface area contributed by atoms with Crippen molar-refractivity contribution in [3.05, 3.63) is 78.9 Å². The Morgan fingerprint density at radius 3 is 2.54 bits per heavy atom. The molecule has 3 rings (SSSR count). The third-order valence-corrected chi connectivity index (χ3v) is 4.11. The van der Waals surface area contributed by atoms with E-state index >= 15 is 0 Å². The van der Waals surface area contributed by atoms with Gasteiger partial charge in [-0.2, -0.15) is 0 Å². The molecule has 122 valence electrons. The van der Waals surface area contributed by atoms with Gasteiger partial charge in [0.1, 0.15) is 0 Å². The van der Waals surface area contributed by atoms with Crippen LogP contribution in [-0.4, -0.2) is 20.7 Å². The zero-order valence-corrected chi connectivity index (χ0v) is 13.8. The highest BCUT2D eigenvalue weighted by Crippen LogP contribution is 2.16. The summed E-state index contributed by atoms with van der Waals surface area (Å²) in [6.45, 7) is 0.231. The lowest BCUT2D eigenvalue weighted by Crippen LogP contribution is -2.30. The molecule has 3 aromatic rings. The fraction of sp³-hybridized carbons (Fsp3) is 0.0625. The van der Waals surface area contributed by atoms with Gasteiger partial charge >= 0.3 is 5.69 Å². The number of amides is 1. The number of aromatic nitrogens is 2. The van der Waals surface area contributed by atoms with Crippen molar-refractivity contribution in [2.24, 2.45) is 0 Å². The molecule has 0 bridgehead atoms. The molecule has 1 aromatic heterocycles. The molecule has 8 heteroatoms. The minimum Gasteiger partial charge on any atom is -0.289 e. The van der Waals surface area contributed by atoms with E-state index in [1.54, 1.807) is 35.8 Å². The highest BCUT2D eigenvalue weighted by atomic mass is 79.9. The maximum absolute atomic E-state index is 12.2. The van der Waals surface area contributed by atoms with Gasteiger partial charge in [-0.15, -0.1) is 0 Å². The molecule has 0 spiro atoms. The van der Waals surface area contributed by atoms with Crippen LogP contribution >= 0.6 is 15.9 Å². The number of hydroxylamine groups is 1. The Labute approximate surface area is 143 Å². The van der Waals surface area contributed by atoms with Crippen molar-refractivity contribution in [3.63, 3.8) is 0 Å². The highest BCUT2D eigenvalue weighted by molar-refractivity contribution is 9.10. The van der Waals surface area contributed by atoms with E-state index in [0.29, 0.717) is 16.5 Å². The number of rotatable bonds is 3. The maximum Gasteiger partial charge on any atom is 0.329 e. The number of hydrogen-bond donors (Lipinski definition) is 3. The van der Waals surface area contributed by atoms with Crippen LogP contribution in [0.4, 0.5) is 0 Å². The quantitative estimate of drug-likeness (QED) is 0.467. The monoisotopic (exact) mass is 389 g/mol. The second-order valence-electron chi connectivity index (χ2n) is 5.14. The van der Waals surface area contributed by atoms with Gasteiger partial charge in [0.15, 0.2) is 0 Å². The number of carbonyl (C=O) groups is 1. The van der Waals surface area contributed by atoms with E-state index in [1.807, 2.05) is 0 Å². The van der Waals surface area contributed by atoms with E-state index in [1.165, 1.54) is 16.7 Å². The number of H-pyrrole nitrogens is 1. The van der Waals surface area contributed by atoms with Gasteiger partial charge < -0.3 is 0 Å². The fourth-order valence-electron chi connectivity index (χ4n) is 2.43. The number of aromatic amines is 1. The second-order valence-corrected chi connectivity index (χ2v) is 6.06. The molecule has 0 radical (unpaired) electrons. The van der Waals surface area contributed by atoms with Crippen LogP contribution in [0.2, 0.25) is 0 Å². The van der Waals surface area contributed by atoms with Crippen LogP contribution in [0, 0.1) is 0 Å². The second kappa shape index (κ2) is 6.42. The van der Waals surface area contributed by atoms with Gasteiger partial charge in [-0.3, -0.25) is 24.3 Å². The third kappa shape index (κ3) is 3.01. The number of benzene rings is 2. The Balaban J connectivity index is 2.06. The predicted molar refractivity (Wildman–Crippen MR) is 91.3 cm³/mol. The van der Waals surface area contributed by atoms with Crippen LogP contribution in [0.1, 0.15) is 15.9 Å². The van der Waals surface area contributed by atoms with Gasteiger partial charge in [-0.05, 0) is 35.9 Å². The van der Waals surface area contributed by atoms with Gasteiger partial charge in [0.05, 0.1) is 17.4 Å². The van der Waals surface area contributed by atoms with Crippen molar-refractivity contribution in [2.45, 2.75) is 6.54 Å². The van der Waals surface area contributed by atoms with Gasteiger partial charge in [-0.25, -0.2) is 10.3 Å². The molecular weight excluding hydrogens is 378 g/mol. The zero-order valence-electron chi connectivity index (χ0n) is 12.2. The van der Waals surface area contributed by atoms with Crippen molar-refractivity contribution in [1.82, 2.24) is 15.0 Å². The molecule has 0 unspecified atom stereocenters. The molecule has 2 aromatic carbocycles. The van der Waals surface area contributed by atoms with Crippen LogP contribution in [0.3, 0.4) is 0 Å². The minimum absolute atomic E-state index is 0.231. The van der Waals surface area contributed by atoms with Crippen molar-refractivity contribution < 1.29 is 10.0 Å². The molecule has 1 heterocycles. The molecule has 1 amide bonds. The number of carbonyl (C=O) groups excluding carboxylic acids is 1. The third-order valence-electron chi connectivity index (χ3n) is 3.62. The van der Waals surface area contributed by atoms with Gasteiger partial charge in [0, 0.05) is 10.0 Å². The van der Waals surface area contributed by atoms with E-state index in [-0.39, 0.29) is 6.54 Å². The molecule has 0 aliphatic heterocycles. The molecule has 0 saturated heterocycles. The van der Waals surface area contributed by atoms with Crippen molar-refractivity contribution >= 4 is 32.7 Å². The number of nitrogens with zero attached hydrogens (tertiary/aromatic N) is 1. The first-order chi connectivity index (χ1) is 11.5. The molecule has 3 N–H and O–H groups in total. The Morgan fingerprint density at radius 1 is 1.17 bits per heavy atom. The summed E-state index contributed by atoms with van der Waals surface area (Å²) in [6.07, 6.45) is 0. The molecule has 24 heavy (non-hydrogen) atoms. The minimum atomic E-state index is -0.613. The smallest absolute Gasteiger partial charge is 0.289 e. The van der Waals surface area contributed by atoms with Crippen molar-refractivity contribution in [1.29, 1.82) is 0 Å². The van der Waals surface area contributed by atoms with Crippen LogP contribution in [-0.2, 0) is 6.54 Å². The van der Waals surface area contributed by atoms with Crippen molar-refractivity contribution in [3.8, 4) is 0 Å². The average molecular weight is 390 g/mol. The first-order valence-corrected chi connectivity index (χ1v) is 7.74. The summed E-state index contributed by atoms with van der Waals surface area (Å²) < 4.78 is 2.19. The summed E-state index contributed by atoms with van der Waals surface area (Å²) in [6, 6.07) is 11.5. The van der Waals surface area contributed by atoms with Gasteiger partial charge in [0.2, 0.25) is 0 Å². The first kappa shape index (κ1) is 16.2. The zero-order chi connectivity index (χ0) is 17.3. The SMILES string of the molecule is O=C(NO)c1ccc(Cn2c(=O)[nH]c(=O)c3cc(Br)ccc32)cc1. The Kier molecular flexibility index (Phi) is 4.32. The number of hydrogen-bond acceptors (Lipinski definition) is 4. The van der Waals surface area contributed by atoms with Crippen LogP contribution in [0.15, 0.2) is 56.5 Å². The first-order valence-electron chi connectivity index (χ1n) is 6.95. The summed E-state index contributed by atoms with van der Waals surface area (Å²) in [7, 11) is 0. The van der Waals surface area contributed by atoms with E-state index in [4.69, 9.17) is 5.21 Å². The normalized spacial score (nSPS) is 10.8. The van der Waals surface area contributed by atoms with E-state index in [9.17, 15) is 14.4 Å². The summed E-state index contributed by atoms with van der Waals surface area (Å²) in [5.74, 6) is -0.613. The van der Waals surface area contributed by atoms with Crippen molar-refractivity contribution in [2.75, 3.05) is 0 Å². The largest absolute Gasteiger partial charge is 0.329 e. The van der Waals surface area contributed by atoms with E-state index in [0.717, 1.165) is 10.0 Å². The molecule has 0 aliphatic carbocycles. The van der Waals surface area contributed by atoms with Gasteiger partial charge in [-0.1, -0.05) is 28.1 Å². The topological polar surface area (TPSA) is 104 Å². The molecular formula is C16H12BrN3O4. The lowest BCUT2D eigenvalue weighted by atomic mass is 10.1. The van der Waals surface area contributed by atoms with Crippen LogP contribution in [0.25, 0.3) is 10.9 Å². The number of fused-ring (bicyclic) bond motifs is 1. The Hall–Kier alpha value is -2.71. The van der Waals surface area contributed by atoms with E-state index < -0.39 is 17.2 Å². The Bertz CT molecular complexity index is 1040. The molecule has 0 atom stereocenters. The maximum atomic E-state index is 12.2. The highest BCUT2D eigenvalue weighted by Gasteiger charge is 2.09. The summed E-state index contributed by atoms with van der Waals surface area (Å²) in [5.41, 5.74) is 2.19. The average Bonchev–Trinajstić information content (AvgIpc) is 2.58. The van der Waals surface area contributed by atoms with E-state index in [2.05, 4.69) is 20.9 Å². The fourth-order valence-corrected chi connectivity index (χ4v) is 2.79. The summed E-state index contributed by atoms with van der Waals surface area (Å²) >= 11 is 3.31. The summed E-state index contributed by atoms with van der Waals surface area (Å²) in [5, 5.41) is 9.02. The lowest BCUT2D eigenvalue weighted by Gasteiger charge is -2.10. The molecule has 0 aliphatic rings. The summed E-state index contributed by atoms with van der Waals surface area (Å²) in [4.78, 5) is 37.7. The Morgan fingerprint density at radius 2 is 1.88 bits per heavy atom. The predicted octanol–water partition coefficient (Wildman–Crippen LogP) is 1.62. The van der Waals surface area contributed by atoms with Gasteiger partial charge in [0.25, 0.3) is 11.5 Å². The van der Waals surface area contributed by atoms with Crippen LogP contribution in [0.5, 0.6) is 0 Å². The standard InChI is InChI=1S/C16H12BrN3O4/c17-11-5-6-13-12(7-11)15(22)18-16(23)20(13)8-9-1-3-10(4-2-9)14(21)19-24/h1-7,24H,8H2,(H,19,21)(H,18,22,23). The molecule has 7 nitrogen and oxygen atoms in total. The van der Waals surface area contributed by atoms with Crippen LogP contribution < -0.4 is 16.7 Å². The molecule has 0 fully saturated rings. The molecule has 0 saturated carbocycles.